The van der Waals surface area contributed by atoms with E-state index in [-0.39, 0.29) is 24.6 Å². The van der Waals surface area contributed by atoms with Crippen molar-refractivity contribution < 1.29 is 19.1 Å². The molecule has 0 spiro atoms. The van der Waals surface area contributed by atoms with E-state index >= 15 is 0 Å². The molecule has 1 atom stereocenters. The summed E-state index contributed by atoms with van der Waals surface area (Å²) in [6.07, 6.45) is 8.06. The van der Waals surface area contributed by atoms with Crippen molar-refractivity contribution in [3.63, 3.8) is 0 Å². The lowest BCUT2D eigenvalue weighted by molar-refractivity contribution is -0.158. The molecule has 1 fully saturated rings. The Balaban J connectivity index is 2.35. The molecule has 0 aliphatic carbocycles. The summed E-state index contributed by atoms with van der Waals surface area (Å²) in [4.78, 5) is 22.8. The van der Waals surface area contributed by atoms with E-state index in [1.165, 1.54) is 6.42 Å². The van der Waals surface area contributed by atoms with E-state index in [1.807, 2.05) is 0 Å². The molecule has 1 aliphatic rings. The fraction of sp³-hybridized carbons (Fsp3) is 0.857. The van der Waals surface area contributed by atoms with Crippen LogP contribution < -0.4 is 0 Å². The van der Waals surface area contributed by atoms with Gasteiger partial charge in [-0.25, -0.2) is 0 Å². The van der Waals surface area contributed by atoms with Crippen molar-refractivity contribution in [1.29, 1.82) is 0 Å². The summed E-state index contributed by atoms with van der Waals surface area (Å²) < 4.78 is 10.2. The van der Waals surface area contributed by atoms with Crippen molar-refractivity contribution >= 4 is 11.9 Å². The Morgan fingerprint density at radius 3 is 1.94 bits per heavy atom. The highest BCUT2D eigenvalue weighted by atomic mass is 16.6. The smallest absolute Gasteiger partial charge is 0.306 e. The molecule has 0 aromatic rings. The van der Waals surface area contributed by atoms with Gasteiger partial charge in [-0.15, -0.1) is 0 Å². The molecule has 0 radical (unpaired) electrons. The van der Waals surface area contributed by atoms with E-state index in [9.17, 15) is 9.59 Å². The number of hydrogen-bond donors (Lipinski definition) is 0. The Morgan fingerprint density at radius 2 is 1.33 bits per heavy atom. The molecule has 4 heteroatoms. The topological polar surface area (TPSA) is 52.6 Å². The highest BCUT2D eigenvalue weighted by Gasteiger charge is 2.12. The first-order valence-electron chi connectivity index (χ1n) is 7.03. The molecule has 1 saturated heterocycles. The SMILES string of the molecule is CC1COC(=O)CCCCCCCCCC(=O)O1. The average molecular weight is 256 g/mol. The van der Waals surface area contributed by atoms with Gasteiger partial charge in [0.1, 0.15) is 12.7 Å². The van der Waals surface area contributed by atoms with Crippen LogP contribution in [0.4, 0.5) is 0 Å². The minimum atomic E-state index is -0.341. The third-order valence-corrected chi connectivity index (χ3v) is 3.07. The number of carbonyl (C=O) groups excluding carboxylic acids is 2. The van der Waals surface area contributed by atoms with Crippen molar-refractivity contribution in [2.24, 2.45) is 0 Å². The van der Waals surface area contributed by atoms with Crippen LogP contribution in [0.2, 0.25) is 0 Å². The van der Waals surface area contributed by atoms with E-state index < -0.39 is 0 Å². The van der Waals surface area contributed by atoms with E-state index in [1.54, 1.807) is 6.92 Å². The Hall–Kier alpha value is -1.06. The molecule has 104 valence electrons. The van der Waals surface area contributed by atoms with E-state index in [0.717, 1.165) is 38.5 Å². The second-order valence-electron chi connectivity index (χ2n) is 4.96. The van der Waals surface area contributed by atoms with Crippen LogP contribution in [0.5, 0.6) is 0 Å². The highest BCUT2D eigenvalue weighted by Crippen LogP contribution is 2.11. The van der Waals surface area contributed by atoms with Gasteiger partial charge in [0.25, 0.3) is 0 Å². The van der Waals surface area contributed by atoms with Crippen LogP contribution in [-0.2, 0) is 19.1 Å². The third kappa shape index (κ3) is 7.30. The zero-order chi connectivity index (χ0) is 13.2. The van der Waals surface area contributed by atoms with Gasteiger partial charge in [0, 0.05) is 12.8 Å². The summed E-state index contributed by atoms with van der Waals surface area (Å²) in [6.45, 7) is 1.92. The lowest BCUT2D eigenvalue weighted by atomic mass is 10.1. The Morgan fingerprint density at radius 1 is 0.833 bits per heavy atom. The zero-order valence-corrected chi connectivity index (χ0v) is 11.3. The monoisotopic (exact) mass is 256 g/mol. The molecule has 0 saturated carbocycles. The molecule has 18 heavy (non-hydrogen) atoms. The lowest BCUT2D eigenvalue weighted by Gasteiger charge is -2.13. The molecule has 4 nitrogen and oxygen atoms in total. The summed E-state index contributed by atoms with van der Waals surface area (Å²) in [6, 6.07) is 0. The van der Waals surface area contributed by atoms with Gasteiger partial charge in [0.2, 0.25) is 0 Å². The van der Waals surface area contributed by atoms with E-state index in [4.69, 9.17) is 9.47 Å². The predicted octanol–water partition coefficient (Wildman–Crippen LogP) is 2.99. The van der Waals surface area contributed by atoms with Crippen LogP contribution in [0.15, 0.2) is 0 Å². The van der Waals surface area contributed by atoms with Crippen LogP contribution in [0.3, 0.4) is 0 Å². The maximum absolute atomic E-state index is 11.5. The van der Waals surface area contributed by atoms with Crippen molar-refractivity contribution in [1.82, 2.24) is 0 Å². The summed E-state index contributed by atoms with van der Waals surface area (Å²) >= 11 is 0. The fourth-order valence-electron chi connectivity index (χ4n) is 2.02. The first-order chi connectivity index (χ1) is 8.68. The third-order valence-electron chi connectivity index (χ3n) is 3.07. The van der Waals surface area contributed by atoms with Crippen LogP contribution in [-0.4, -0.2) is 24.6 Å². The molecule has 0 aromatic heterocycles. The fourth-order valence-corrected chi connectivity index (χ4v) is 2.02. The predicted molar refractivity (Wildman–Crippen MR) is 68.1 cm³/mol. The number of hydrogen-bond acceptors (Lipinski definition) is 4. The van der Waals surface area contributed by atoms with Gasteiger partial charge >= 0.3 is 11.9 Å². The molecule has 0 bridgehead atoms. The molecule has 0 aromatic carbocycles. The molecular weight excluding hydrogens is 232 g/mol. The number of ether oxygens (including phenoxy) is 2. The lowest BCUT2D eigenvalue weighted by Crippen LogP contribution is -2.22. The highest BCUT2D eigenvalue weighted by molar-refractivity contribution is 5.70. The molecule has 1 aliphatic heterocycles. The Kier molecular flexibility index (Phi) is 7.46. The van der Waals surface area contributed by atoms with Crippen molar-refractivity contribution in [3.05, 3.63) is 0 Å². The summed E-state index contributed by atoms with van der Waals surface area (Å²) in [5, 5.41) is 0. The minimum Gasteiger partial charge on any atom is -0.462 e. The van der Waals surface area contributed by atoms with Crippen LogP contribution in [0, 0.1) is 0 Å². The van der Waals surface area contributed by atoms with Gasteiger partial charge in [-0.1, -0.05) is 32.1 Å². The molecule has 0 amide bonds. The summed E-state index contributed by atoms with van der Waals surface area (Å²) in [5.41, 5.74) is 0. The quantitative estimate of drug-likeness (QED) is 0.625. The van der Waals surface area contributed by atoms with Gasteiger partial charge in [-0.3, -0.25) is 9.59 Å². The van der Waals surface area contributed by atoms with Gasteiger partial charge in [-0.05, 0) is 19.8 Å². The van der Waals surface area contributed by atoms with Gasteiger partial charge < -0.3 is 9.47 Å². The van der Waals surface area contributed by atoms with Crippen LogP contribution >= 0.6 is 0 Å². The average Bonchev–Trinajstić information content (AvgIpc) is 2.33. The van der Waals surface area contributed by atoms with Gasteiger partial charge in [0.05, 0.1) is 0 Å². The minimum absolute atomic E-state index is 0.171. The molecule has 1 rings (SSSR count). The largest absolute Gasteiger partial charge is 0.462 e. The first-order valence-corrected chi connectivity index (χ1v) is 7.03. The molecule has 0 N–H and O–H groups in total. The second-order valence-corrected chi connectivity index (χ2v) is 4.96. The second kappa shape index (κ2) is 8.95. The summed E-state index contributed by atoms with van der Waals surface area (Å²) in [7, 11) is 0. The maximum atomic E-state index is 11.5. The van der Waals surface area contributed by atoms with Gasteiger partial charge in [-0.2, -0.15) is 0 Å². The van der Waals surface area contributed by atoms with Crippen molar-refractivity contribution in [2.45, 2.75) is 70.8 Å². The van der Waals surface area contributed by atoms with E-state index in [0.29, 0.717) is 12.8 Å². The number of carbonyl (C=O) groups is 2. The number of esters is 2. The molecule has 1 unspecified atom stereocenters. The number of cyclic esters (lactones) is 2. The normalized spacial score (nSPS) is 25.5. The maximum Gasteiger partial charge on any atom is 0.306 e. The zero-order valence-electron chi connectivity index (χ0n) is 11.3. The first kappa shape index (κ1) is 15.0. The standard InChI is InChI=1S/C14H24O4/c1-12-11-17-13(15)9-7-5-3-2-4-6-8-10-14(16)18-12/h12H,2-11H2,1H3. The van der Waals surface area contributed by atoms with Crippen LogP contribution in [0.1, 0.15) is 64.7 Å². The Bertz CT molecular complexity index is 263. The van der Waals surface area contributed by atoms with E-state index in [2.05, 4.69) is 0 Å². The molecule has 1 heterocycles. The molecular formula is C14H24O4. The van der Waals surface area contributed by atoms with Crippen LogP contribution in [0.25, 0.3) is 0 Å². The summed E-state index contributed by atoms with van der Waals surface area (Å²) in [5.74, 6) is -0.374. The van der Waals surface area contributed by atoms with Gasteiger partial charge in [0.15, 0.2) is 0 Å². The van der Waals surface area contributed by atoms with Crippen molar-refractivity contribution in [2.75, 3.05) is 6.61 Å². The number of rotatable bonds is 0. The Labute approximate surface area is 109 Å². The van der Waals surface area contributed by atoms with Crippen molar-refractivity contribution in [3.8, 4) is 0 Å².